The molecule has 0 aliphatic rings. The van der Waals surface area contributed by atoms with Crippen LogP contribution in [0.5, 0.6) is 5.75 Å². The van der Waals surface area contributed by atoms with Crippen molar-refractivity contribution < 1.29 is 4.74 Å². The van der Waals surface area contributed by atoms with Crippen LogP contribution in [0, 0.1) is 0 Å². The Morgan fingerprint density at radius 2 is 1.85 bits per heavy atom. The molecule has 0 aliphatic carbocycles. The van der Waals surface area contributed by atoms with Gasteiger partial charge >= 0.3 is 0 Å². The SMILES string of the molecule is COc1ccccc1/C=C/C=c1\sc2nc(-c3ccccc3)nn2c1=O. The Morgan fingerprint density at radius 1 is 1.08 bits per heavy atom. The fourth-order valence-corrected chi connectivity index (χ4v) is 3.46. The van der Waals surface area contributed by atoms with Crippen molar-refractivity contribution >= 4 is 28.4 Å². The van der Waals surface area contributed by atoms with Crippen LogP contribution in [0.15, 0.2) is 65.5 Å². The zero-order valence-corrected chi connectivity index (χ0v) is 14.8. The monoisotopic (exact) mass is 361 g/mol. The Morgan fingerprint density at radius 3 is 2.62 bits per heavy atom. The van der Waals surface area contributed by atoms with Gasteiger partial charge < -0.3 is 4.74 Å². The molecular weight excluding hydrogens is 346 g/mol. The zero-order valence-electron chi connectivity index (χ0n) is 14.0. The summed E-state index contributed by atoms with van der Waals surface area (Å²) < 4.78 is 7.26. The summed E-state index contributed by atoms with van der Waals surface area (Å²) in [5.41, 5.74) is 1.68. The number of allylic oxidation sites excluding steroid dienone is 1. The largest absolute Gasteiger partial charge is 0.496 e. The van der Waals surface area contributed by atoms with Gasteiger partial charge in [-0.25, -0.2) is 0 Å². The van der Waals surface area contributed by atoms with Gasteiger partial charge in [0.15, 0.2) is 5.82 Å². The van der Waals surface area contributed by atoms with Gasteiger partial charge in [-0.3, -0.25) is 4.79 Å². The summed E-state index contributed by atoms with van der Waals surface area (Å²) in [7, 11) is 1.64. The second-order valence-electron chi connectivity index (χ2n) is 5.54. The predicted octanol–water partition coefficient (Wildman–Crippen LogP) is 3.04. The Hall–Kier alpha value is -3.25. The van der Waals surface area contributed by atoms with Crippen molar-refractivity contribution in [3.05, 3.63) is 81.1 Å². The number of benzene rings is 2. The predicted molar refractivity (Wildman–Crippen MR) is 104 cm³/mol. The van der Waals surface area contributed by atoms with E-state index in [1.54, 1.807) is 13.2 Å². The van der Waals surface area contributed by atoms with Crippen molar-refractivity contribution in [1.82, 2.24) is 14.6 Å². The average Bonchev–Trinajstić information content (AvgIpc) is 3.23. The number of para-hydroxylation sites is 1. The normalized spacial score (nSPS) is 12.3. The number of methoxy groups -OCH3 is 1. The molecule has 6 heteroatoms. The lowest BCUT2D eigenvalue weighted by molar-refractivity contribution is 0.414. The van der Waals surface area contributed by atoms with Gasteiger partial charge in [0, 0.05) is 11.1 Å². The minimum atomic E-state index is -0.163. The minimum absolute atomic E-state index is 0.163. The van der Waals surface area contributed by atoms with Gasteiger partial charge in [-0.1, -0.05) is 72.0 Å². The molecule has 5 nitrogen and oxygen atoms in total. The third-order valence-electron chi connectivity index (χ3n) is 3.88. The molecule has 0 bridgehead atoms. The number of ether oxygens (including phenoxy) is 1. The third kappa shape index (κ3) is 3.02. The third-order valence-corrected chi connectivity index (χ3v) is 4.85. The highest BCUT2D eigenvalue weighted by Gasteiger charge is 2.11. The molecule has 4 rings (SSSR count). The van der Waals surface area contributed by atoms with E-state index in [-0.39, 0.29) is 5.56 Å². The molecular formula is C20H15N3O2S. The molecule has 2 aromatic heterocycles. The van der Waals surface area contributed by atoms with Crippen LogP contribution in [0.25, 0.3) is 28.5 Å². The average molecular weight is 361 g/mol. The number of fused-ring (bicyclic) bond motifs is 1. The number of hydrogen-bond acceptors (Lipinski definition) is 5. The second-order valence-corrected chi connectivity index (χ2v) is 6.54. The summed E-state index contributed by atoms with van der Waals surface area (Å²) in [6.45, 7) is 0. The molecule has 0 saturated carbocycles. The standard InChI is InChI=1S/C20H15N3O2S/c1-25-16-12-6-5-8-14(16)11-7-13-17-19(24)23-20(26-17)21-18(22-23)15-9-3-2-4-10-15/h2-13H,1H3/b11-7+,17-13-. The number of aromatic nitrogens is 3. The smallest absolute Gasteiger partial charge is 0.291 e. The molecule has 2 aromatic carbocycles. The van der Waals surface area contributed by atoms with E-state index < -0.39 is 0 Å². The van der Waals surface area contributed by atoms with Gasteiger partial charge in [0.25, 0.3) is 5.56 Å². The van der Waals surface area contributed by atoms with Crippen LogP contribution in [0.2, 0.25) is 0 Å². The maximum Gasteiger partial charge on any atom is 0.291 e. The lowest BCUT2D eigenvalue weighted by Crippen LogP contribution is -2.23. The molecule has 0 aliphatic heterocycles. The van der Waals surface area contributed by atoms with Gasteiger partial charge in [-0.15, -0.1) is 5.10 Å². The van der Waals surface area contributed by atoms with Crippen molar-refractivity contribution in [2.75, 3.05) is 7.11 Å². The van der Waals surface area contributed by atoms with Gasteiger partial charge in [0.05, 0.1) is 11.6 Å². The van der Waals surface area contributed by atoms with E-state index >= 15 is 0 Å². The van der Waals surface area contributed by atoms with Crippen LogP contribution in [0.4, 0.5) is 0 Å². The summed E-state index contributed by atoms with van der Waals surface area (Å²) in [5, 5.41) is 4.34. The van der Waals surface area contributed by atoms with Crippen LogP contribution in [0.1, 0.15) is 5.56 Å². The van der Waals surface area contributed by atoms with Gasteiger partial charge in [-0.05, 0) is 12.1 Å². The Labute approximate surface area is 153 Å². The minimum Gasteiger partial charge on any atom is -0.496 e. The van der Waals surface area contributed by atoms with Crippen molar-refractivity contribution in [2.45, 2.75) is 0 Å². The van der Waals surface area contributed by atoms with Crippen LogP contribution < -0.4 is 14.8 Å². The molecule has 0 saturated heterocycles. The van der Waals surface area contributed by atoms with Crippen LogP contribution in [-0.4, -0.2) is 21.7 Å². The molecule has 128 valence electrons. The highest BCUT2D eigenvalue weighted by atomic mass is 32.1. The summed E-state index contributed by atoms with van der Waals surface area (Å²) >= 11 is 1.32. The molecule has 26 heavy (non-hydrogen) atoms. The number of thiazole rings is 1. The number of rotatable bonds is 4. The van der Waals surface area contributed by atoms with Crippen molar-refractivity contribution in [3.63, 3.8) is 0 Å². The Bertz CT molecular complexity index is 1190. The maximum absolute atomic E-state index is 12.5. The summed E-state index contributed by atoms with van der Waals surface area (Å²) in [6.07, 6.45) is 5.52. The van der Waals surface area contributed by atoms with E-state index in [1.165, 1.54) is 15.9 Å². The van der Waals surface area contributed by atoms with Gasteiger partial charge in [-0.2, -0.15) is 9.50 Å². The molecule has 0 unspecified atom stereocenters. The van der Waals surface area contributed by atoms with Gasteiger partial charge in [0.2, 0.25) is 4.96 Å². The maximum atomic E-state index is 12.5. The van der Waals surface area contributed by atoms with Crippen molar-refractivity contribution in [1.29, 1.82) is 0 Å². The fraction of sp³-hybridized carbons (Fsp3) is 0.0500. The molecule has 0 atom stereocenters. The lowest BCUT2D eigenvalue weighted by Gasteiger charge is -2.02. The van der Waals surface area contributed by atoms with Crippen LogP contribution in [-0.2, 0) is 0 Å². The fourth-order valence-electron chi connectivity index (χ4n) is 2.60. The number of nitrogens with zero attached hydrogens (tertiary/aromatic N) is 3. The summed E-state index contributed by atoms with van der Waals surface area (Å²) in [5.74, 6) is 1.35. The van der Waals surface area contributed by atoms with E-state index in [0.29, 0.717) is 15.3 Å². The number of hydrogen-bond donors (Lipinski definition) is 0. The molecule has 2 heterocycles. The van der Waals surface area contributed by atoms with Crippen LogP contribution in [0.3, 0.4) is 0 Å². The quantitative estimate of drug-likeness (QED) is 0.561. The summed E-state index contributed by atoms with van der Waals surface area (Å²) in [6, 6.07) is 17.3. The molecule has 0 N–H and O–H groups in total. The second kappa shape index (κ2) is 6.93. The van der Waals surface area contributed by atoms with E-state index in [9.17, 15) is 4.79 Å². The first-order valence-corrected chi connectivity index (χ1v) is 8.84. The lowest BCUT2D eigenvalue weighted by atomic mass is 10.2. The molecule has 0 radical (unpaired) electrons. The highest BCUT2D eigenvalue weighted by molar-refractivity contribution is 7.15. The Balaban J connectivity index is 1.68. The molecule has 0 spiro atoms. The first kappa shape index (κ1) is 16.2. The molecule has 4 aromatic rings. The van der Waals surface area contributed by atoms with Crippen LogP contribution >= 0.6 is 11.3 Å². The first-order chi connectivity index (χ1) is 12.8. The first-order valence-electron chi connectivity index (χ1n) is 8.02. The molecule has 0 fully saturated rings. The van der Waals surface area contributed by atoms with Crippen molar-refractivity contribution in [3.8, 4) is 17.1 Å². The summed E-state index contributed by atoms with van der Waals surface area (Å²) in [4.78, 5) is 17.6. The van der Waals surface area contributed by atoms with E-state index in [0.717, 1.165) is 16.9 Å². The van der Waals surface area contributed by atoms with Crippen molar-refractivity contribution in [2.24, 2.45) is 0 Å². The topological polar surface area (TPSA) is 56.5 Å². The van der Waals surface area contributed by atoms with E-state index in [1.807, 2.05) is 66.7 Å². The molecule has 0 amide bonds. The Kier molecular flexibility index (Phi) is 4.33. The van der Waals surface area contributed by atoms with E-state index in [4.69, 9.17) is 4.74 Å². The highest BCUT2D eigenvalue weighted by Crippen LogP contribution is 2.18. The van der Waals surface area contributed by atoms with E-state index in [2.05, 4.69) is 10.1 Å². The zero-order chi connectivity index (χ0) is 17.9. The van der Waals surface area contributed by atoms with Gasteiger partial charge in [0.1, 0.15) is 5.75 Å².